The average Bonchev–Trinajstić information content (AvgIpc) is 1.82. The molecule has 10 heavy (non-hydrogen) atoms. The lowest BCUT2D eigenvalue weighted by Crippen LogP contribution is -2.23. The van der Waals surface area contributed by atoms with E-state index in [0.29, 0.717) is 6.42 Å². The van der Waals surface area contributed by atoms with Crippen molar-refractivity contribution in [2.75, 3.05) is 0 Å². The number of aliphatic hydroxyl groups excluding tert-OH is 1. The molecule has 0 aliphatic heterocycles. The van der Waals surface area contributed by atoms with Gasteiger partial charge in [0, 0.05) is 6.04 Å². The number of nitrogens with two attached hydrogens (primary N) is 1. The van der Waals surface area contributed by atoms with Gasteiger partial charge >= 0.3 is 5.97 Å². The number of aliphatic carboxylic acids is 1. The molecule has 0 aromatic heterocycles. The minimum Gasteiger partial charge on any atom is -0.479 e. The normalized spacial score (nSPS) is 16.3. The van der Waals surface area contributed by atoms with Gasteiger partial charge in [-0.1, -0.05) is 0 Å². The first-order valence-electron chi connectivity index (χ1n) is 3.20. The Morgan fingerprint density at radius 2 is 2.10 bits per heavy atom. The van der Waals surface area contributed by atoms with Crippen LogP contribution in [0.2, 0.25) is 0 Å². The number of rotatable bonds is 4. The topological polar surface area (TPSA) is 83.5 Å². The molecular formula is C6H13NO3. The molecule has 0 saturated heterocycles. The molecule has 0 spiro atoms. The maximum absolute atomic E-state index is 10.0. The largest absolute Gasteiger partial charge is 0.479 e. The fourth-order valence-corrected chi connectivity index (χ4v) is 0.544. The van der Waals surface area contributed by atoms with Crippen molar-refractivity contribution in [2.45, 2.75) is 31.9 Å². The van der Waals surface area contributed by atoms with Crippen molar-refractivity contribution in [1.82, 2.24) is 0 Å². The predicted octanol–water partition coefficient (Wildman–Crippen LogP) is -0.441. The van der Waals surface area contributed by atoms with Gasteiger partial charge in [-0.05, 0) is 19.8 Å². The highest BCUT2D eigenvalue weighted by atomic mass is 16.4. The van der Waals surface area contributed by atoms with Crippen LogP contribution in [0.1, 0.15) is 19.8 Å². The van der Waals surface area contributed by atoms with Gasteiger partial charge in [-0.25, -0.2) is 4.79 Å². The van der Waals surface area contributed by atoms with E-state index in [1.54, 1.807) is 6.92 Å². The van der Waals surface area contributed by atoms with Crippen molar-refractivity contribution in [1.29, 1.82) is 0 Å². The zero-order chi connectivity index (χ0) is 8.15. The first kappa shape index (κ1) is 9.39. The molecule has 0 amide bonds. The lowest BCUT2D eigenvalue weighted by atomic mass is 10.1. The second kappa shape index (κ2) is 4.24. The van der Waals surface area contributed by atoms with Crippen LogP contribution < -0.4 is 5.73 Å². The summed E-state index contributed by atoms with van der Waals surface area (Å²) >= 11 is 0. The summed E-state index contributed by atoms with van der Waals surface area (Å²) < 4.78 is 0. The Bertz CT molecular complexity index is 114. The molecular weight excluding hydrogens is 134 g/mol. The zero-order valence-electron chi connectivity index (χ0n) is 5.95. The maximum atomic E-state index is 10.0. The molecule has 0 heterocycles. The van der Waals surface area contributed by atoms with Gasteiger partial charge in [0.2, 0.25) is 0 Å². The summed E-state index contributed by atoms with van der Waals surface area (Å²) in [6.07, 6.45) is -0.494. The molecule has 0 rings (SSSR count). The number of carbonyl (C=O) groups is 1. The molecule has 4 heteroatoms. The highest BCUT2D eigenvalue weighted by Crippen LogP contribution is 1.98. The van der Waals surface area contributed by atoms with Gasteiger partial charge in [0.15, 0.2) is 6.10 Å². The third-order valence-electron chi connectivity index (χ3n) is 1.18. The van der Waals surface area contributed by atoms with Crippen molar-refractivity contribution in [2.24, 2.45) is 5.73 Å². The molecule has 0 radical (unpaired) electrons. The van der Waals surface area contributed by atoms with Crippen LogP contribution in [0.4, 0.5) is 0 Å². The van der Waals surface area contributed by atoms with Crippen LogP contribution in [0.15, 0.2) is 0 Å². The second-order valence-electron chi connectivity index (χ2n) is 2.41. The molecule has 0 bridgehead atoms. The maximum Gasteiger partial charge on any atom is 0.332 e. The van der Waals surface area contributed by atoms with E-state index < -0.39 is 12.1 Å². The molecule has 4 N–H and O–H groups in total. The van der Waals surface area contributed by atoms with E-state index in [0.717, 1.165) is 0 Å². The molecule has 4 nitrogen and oxygen atoms in total. The monoisotopic (exact) mass is 147 g/mol. The molecule has 2 unspecified atom stereocenters. The van der Waals surface area contributed by atoms with Gasteiger partial charge in [-0.3, -0.25) is 0 Å². The lowest BCUT2D eigenvalue weighted by molar-refractivity contribution is -0.146. The van der Waals surface area contributed by atoms with Crippen LogP contribution >= 0.6 is 0 Å². The molecule has 2 atom stereocenters. The number of hydrogen-bond acceptors (Lipinski definition) is 3. The zero-order valence-corrected chi connectivity index (χ0v) is 5.95. The second-order valence-corrected chi connectivity index (χ2v) is 2.41. The summed E-state index contributed by atoms with van der Waals surface area (Å²) in [4.78, 5) is 10.0. The van der Waals surface area contributed by atoms with Crippen LogP contribution in [0.3, 0.4) is 0 Å². The van der Waals surface area contributed by atoms with Gasteiger partial charge in [-0.15, -0.1) is 0 Å². The number of carboxylic acid groups (broad SMARTS) is 1. The molecule has 60 valence electrons. The Balaban J connectivity index is 3.40. The summed E-state index contributed by atoms with van der Waals surface area (Å²) in [6.45, 7) is 1.77. The fraction of sp³-hybridized carbons (Fsp3) is 0.833. The van der Waals surface area contributed by atoms with Crippen LogP contribution in [-0.4, -0.2) is 28.3 Å². The third kappa shape index (κ3) is 4.29. The van der Waals surface area contributed by atoms with Gasteiger partial charge < -0.3 is 15.9 Å². The van der Waals surface area contributed by atoms with E-state index in [4.69, 9.17) is 15.9 Å². The van der Waals surface area contributed by atoms with Gasteiger partial charge in [0.1, 0.15) is 0 Å². The van der Waals surface area contributed by atoms with Crippen LogP contribution in [-0.2, 0) is 4.79 Å². The van der Waals surface area contributed by atoms with Gasteiger partial charge in [0.25, 0.3) is 0 Å². The Morgan fingerprint density at radius 3 is 2.40 bits per heavy atom. The van der Waals surface area contributed by atoms with E-state index in [1.165, 1.54) is 0 Å². The highest BCUT2D eigenvalue weighted by molar-refractivity contribution is 5.71. The summed E-state index contributed by atoms with van der Waals surface area (Å²) in [5.74, 6) is -1.18. The van der Waals surface area contributed by atoms with Crippen LogP contribution in [0, 0.1) is 0 Å². The summed E-state index contributed by atoms with van der Waals surface area (Å²) in [7, 11) is 0. The SMILES string of the molecule is CC(N)CCC(O)C(=O)O. The number of aliphatic hydroxyl groups is 1. The van der Waals surface area contributed by atoms with Gasteiger partial charge in [-0.2, -0.15) is 0 Å². The first-order valence-corrected chi connectivity index (χ1v) is 3.20. The third-order valence-corrected chi connectivity index (χ3v) is 1.18. The van der Waals surface area contributed by atoms with Crippen molar-refractivity contribution in [3.63, 3.8) is 0 Å². The molecule has 0 saturated carbocycles. The van der Waals surface area contributed by atoms with Crippen molar-refractivity contribution < 1.29 is 15.0 Å². The minimum atomic E-state index is -1.26. The summed E-state index contributed by atoms with van der Waals surface area (Å²) in [6, 6.07) is -0.0472. The first-order chi connectivity index (χ1) is 4.54. The Morgan fingerprint density at radius 1 is 1.60 bits per heavy atom. The highest BCUT2D eigenvalue weighted by Gasteiger charge is 2.12. The summed E-state index contributed by atoms with van der Waals surface area (Å²) in [5.41, 5.74) is 5.34. The molecule has 0 aliphatic rings. The van der Waals surface area contributed by atoms with Crippen LogP contribution in [0.5, 0.6) is 0 Å². The Kier molecular flexibility index (Phi) is 3.99. The van der Waals surface area contributed by atoms with E-state index in [2.05, 4.69) is 0 Å². The van der Waals surface area contributed by atoms with Crippen molar-refractivity contribution in [3.8, 4) is 0 Å². The van der Waals surface area contributed by atoms with Crippen molar-refractivity contribution in [3.05, 3.63) is 0 Å². The van der Waals surface area contributed by atoms with Gasteiger partial charge in [0.05, 0.1) is 0 Å². The predicted molar refractivity (Wildman–Crippen MR) is 36.5 cm³/mol. The number of carboxylic acids is 1. The average molecular weight is 147 g/mol. The smallest absolute Gasteiger partial charge is 0.332 e. The van der Waals surface area contributed by atoms with E-state index in [9.17, 15) is 4.79 Å². The lowest BCUT2D eigenvalue weighted by Gasteiger charge is -2.06. The van der Waals surface area contributed by atoms with Crippen molar-refractivity contribution >= 4 is 5.97 Å². The quantitative estimate of drug-likeness (QED) is 0.503. The summed E-state index contributed by atoms with van der Waals surface area (Å²) in [5, 5.41) is 16.9. The number of hydrogen-bond donors (Lipinski definition) is 3. The standard InChI is InChI=1S/C6H13NO3/c1-4(7)2-3-5(8)6(9)10/h4-5,8H,2-3,7H2,1H3,(H,9,10). The van der Waals surface area contributed by atoms with Crippen LogP contribution in [0.25, 0.3) is 0 Å². The molecule has 0 aromatic rings. The molecule has 0 aromatic carbocycles. The molecule has 0 fully saturated rings. The fourth-order valence-electron chi connectivity index (χ4n) is 0.544. The Labute approximate surface area is 59.7 Å². The van der Waals surface area contributed by atoms with E-state index in [-0.39, 0.29) is 12.5 Å². The van der Waals surface area contributed by atoms with E-state index >= 15 is 0 Å². The molecule has 0 aliphatic carbocycles. The Hall–Kier alpha value is -0.610. The minimum absolute atomic E-state index is 0.0472. The van der Waals surface area contributed by atoms with E-state index in [1.807, 2.05) is 0 Å².